The van der Waals surface area contributed by atoms with Crippen LogP contribution in [0.4, 0.5) is 0 Å². The monoisotopic (exact) mass is 248 g/mol. The normalized spacial score (nSPS) is 24.2. The molecule has 0 saturated carbocycles. The number of nitrogens with zero attached hydrogens (tertiary/aromatic N) is 1. The van der Waals surface area contributed by atoms with Crippen LogP contribution in [0.1, 0.15) is 18.0 Å². The van der Waals surface area contributed by atoms with Gasteiger partial charge in [-0.3, -0.25) is 4.79 Å². The summed E-state index contributed by atoms with van der Waals surface area (Å²) in [7, 11) is 0. The number of benzene rings is 1. The van der Waals surface area contributed by atoms with Gasteiger partial charge < -0.3 is 10.4 Å². The number of aromatic nitrogens is 1. The fourth-order valence-corrected chi connectivity index (χ4v) is 2.93. The lowest BCUT2D eigenvalue weighted by Crippen LogP contribution is -2.17. The van der Waals surface area contributed by atoms with Crippen molar-refractivity contribution in [3.8, 4) is 0 Å². The topological polar surface area (TPSA) is 62.2 Å². The molecular formula is C12H12N2O2S. The zero-order chi connectivity index (χ0) is 11.8. The largest absolute Gasteiger partial charge is 0.481 e. The molecule has 1 fully saturated rings. The Morgan fingerprint density at radius 3 is 3.18 bits per heavy atom. The van der Waals surface area contributed by atoms with Gasteiger partial charge in [-0.25, -0.2) is 4.98 Å². The van der Waals surface area contributed by atoms with Crippen molar-refractivity contribution in [3.63, 3.8) is 0 Å². The number of fused-ring (bicyclic) bond motifs is 1. The average Bonchev–Trinajstić information content (AvgIpc) is 2.97. The zero-order valence-corrected chi connectivity index (χ0v) is 9.91. The van der Waals surface area contributed by atoms with Gasteiger partial charge in [-0.05, 0) is 24.1 Å². The molecule has 88 valence electrons. The van der Waals surface area contributed by atoms with Crippen molar-refractivity contribution in [3.05, 3.63) is 29.3 Å². The first kappa shape index (κ1) is 10.7. The molecule has 5 heteroatoms. The molecular weight excluding hydrogens is 236 g/mol. The van der Waals surface area contributed by atoms with E-state index in [2.05, 4.69) is 22.4 Å². The van der Waals surface area contributed by atoms with Gasteiger partial charge in [0, 0.05) is 12.6 Å². The van der Waals surface area contributed by atoms with Gasteiger partial charge in [0.15, 0.2) is 0 Å². The number of hydrogen-bond donors (Lipinski definition) is 2. The third kappa shape index (κ3) is 1.92. The van der Waals surface area contributed by atoms with Gasteiger partial charge in [0.2, 0.25) is 0 Å². The van der Waals surface area contributed by atoms with Crippen LogP contribution in [0.3, 0.4) is 0 Å². The Labute approximate surface area is 102 Å². The third-order valence-electron chi connectivity index (χ3n) is 3.24. The number of nitrogens with one attached hydrogen (secondary N) is 1. The first-order valence-corrected chi connectivity index (χ1v) is 6.41. The second-order valence-corrected chi connectivity index (χ2v) is 5.20. The highest BCUT2D eigenvalue weighted by molar-refractivity contribution is 7.16. The number of carboxylic acids is 1. The Bertz CT molecular complexity index is 566. The van der Waals surface area contributed by atoms with Crippen LogP contribution in [0.5, 0.6) is 0 Å². The molecule has 2 N–H and O–H groups in total. The quantitative estimate of drug-likeness (QED) is 0.853. The minimum absolute atomic E-state index is 0.141. The first-order chi connectivity index (χ1) is 8.24. The average molecular weight is 248 g/mol. The van der Waals surface area contributed by atoms with Crippen molar-refractivity contribution >= 4 is 27.5 Å². The molecule has 4 nitrogen and oxygen atoms in total. The molecule has 0 bridgehead atoms. The summed E-state index contributed by atoms with van der Waals surface area (Å²) in [6.45, 7) is 0.551. The van der Waals surface area contributed by atoms with Crippen molar-refractivity contribution in [2.24, 2.45) is 5.92 Å². The van der Waals surface area contributed by atoms with E-state index >= 15 is 0 Å². The molecule has 2 aromatic rings. The van der Waals surface area contributed by atoms with Crippen LogP contribution < -0.4 is 5.32 Å². The standard InChI is InChI=1S/C12H12N2O2S/c15-12(16)8-4-9(13-5-8)7-1-2-11-10(3-7)14-6-17-11/h1-3,6,8-9,13H,4-5H2,(H,15,16). The fraction of sp³-hybridized carbons (Fsp3) is 0.333. The molecule has 17 heavy (non-hydrogen) atoms. The van der Waals surface area contributed by atoms with Gasteiger partial charge >= 0.3 is 5.97 Å². The Morgan fingerprint density at radius 2 is 2.41 bits per heavy atom. The highest BCUT2D eigenvalue weighted by Crippen LogP contribution is 2.29. The summed E-state index contributed by atoms with van der Waals surface area (Å²) in [6.07, 6.45) is 0.658. The highest BCUT2D eigenvalue weighted by Gasteiger charge is 2.30. The zero-order valence-electron chi connectivity index (χ0n) is 9.09. The van der Waals surface area contributed by atoms with E-state index in [9.17, 15) is 4.79 Å². The van der Waals surface area contributed by atoms with E-state index in [-0.39, 0.29) is 12.0 Å². The minimum Gasteiger partial charge on any atom is -0.481 e. The van der Waals surface area contributed by atoms with Crippen LogP contribution in [0, 0.1) is 5.92 Å². The second kappa shape index (κ2) is 4.09. The van der Waals surface area contributed by atoms with Crippen LogP contribution in [-0.4, -0.2) is 22.6 Å². The van der Waals surface area contributed by atoms with Gasteiger partial charge in [0.1, 0.15) is 0 Å². The smallest absolute Gasteiger partial charge is 0.307 e. The molecule has 1 aliphatic heterocycles. The molecule has 1 aromatic heterocycles. The van der Waals surface area contributed by atoms with Crippen molar-refractivity contribution in [2.45, 2.75) is 12.5 Å². The van der Waals surface area contributed by atoms with Gasteiger partial charge in [0.05, 0.1) is 21.6 Å². The number of carbonyl (C=O) groups is 1. The van der Waals surface area contributed by atoms with E-state index in [1.165, 1.54) is 4.70 Å². The Kier molecular flexibility index (Phi) is 2.57. The van der Waals surface area contributed by atoms with Crippen molar-refractivity contribution in [2.75, 3.05) is 6.54 Å². The van der Waals surface area contributed by atoms with Crippen LogP contribution in [0.2, 0.25) is 0 Å². The lowest BCUT2D eigenvalue weighted by Gasteiger charge is -2.10. The fourth-order valence-electron chi connectivity index (χ4n) is 2.27. The third-order valence-corrected chi connectivity index (χ3v) is 4.05. The van der Waals surface area contributed by atoms with Crippen LogP contribution in [0.25, 0.3) is 10.2 Å². The number of aliphatic carboxylic acids is 1. The van der Waals surface area contributed by atoms with Gasteiger partial charge in [0.25, 0.3) is 0 Å². The SMILES string of the molecule is O=C(O)C1CNC(c2ccc3scnc3c2)C1. The molecule has 0 aliphatic carbocycles. The summed E-state index contributed by atoms with van der Waals surface area (Å²) in [6, 6.07) is 6.30. The van der Waals surface area contributed by atoms with Gasteiger partial charge in [-0.2, -0.15) is 0 Å². The lowest BCUT2D eigenvalue weighted by atomic mass is 10.00. The molecule has 0 amide bonds. The summed E-state index contributed by atoms with van der Waals surface area (Å²) in [5, 5.41) is 12.2. The molecule has 0 spiro atoms. The molecule has 2 atom stereocenters. The number of rotatable bonds is 2. The predicted octanol–water partition coefficient (Wildman–Crippen LogP) is 2.03. The van der Waals surface area contributed by atoms with E-state index in [0.717, 1.165) is 11.1 Å². The first-order valence-electron chi connectivity index (χ1n) is 5.53. The molecule has 3 rings (SSSR count). The summed E-state index contributed by atoms with van der Waals surface area (Å²) in [5.41, 5.74) is 3.96. The molecule has 2 unspecified atom stereocenters. The van der Waals surface area contributed by atoms with E-state index in [1.54, 1.807) is 11.3 Å². The van der Waals surface area contributed by atoms with Crippen LogP contribution in [-0.2, 0) is 4.79 Å². The highest BCUT2D eigenvalue weighted by atomic mass is 32.1. The Balaban J connectivity index is 1.87. The van der Waals surface area contributed by atoms with E-state index < -0.39 is 5.97 Å². The van der Waals surface area contributed by atoms with Crippen LogP contribution >= 0.6 is 11.3 Å². The Hall–Kier alpha value is -1.46. The van der Waals surface area contributed by atoms with Crippen molar-refractivity contribution in [1.82, 2.24) is 10.3 Å². The summed E-state index contributed by atoms with van der Waals surface area (Å²) in [4.78, 5) is 15.2. The maximum absolute atomic E-state index is 10.9. The molecule has 1 aromatic carbocycles. The van der Waals surface area contributed by atoms with E-state index in [4.69, 9.17) is 5.11 Å². The van der Waals surface area contributed by atoms with Crippen molar-refractivity contribution in [1.29, 1.82) is 0 Å². The maximum Gasteiger partial charge on any atom is 0.307 e. The predicted molar refractivity (Wildman–Crippen MR) is 66.1 cm³/mol. The van der Waals surface area contributed by atoms with Gasteiger partial charge in [-0.1, -0.05) is 6.07 Å². The van der Waals surface area contributed by atoms with Gasteiger partial charge in [-0.15, -0.1) is 11.3 Å². The number of carboxylic acid groups (broad SMARTS) is 1. The van der Waals surface area contributed by atoms with E-state index in [0.29, 0.717) is 13.0 Å². The van der Waals surface area contributed by atoms with Crippen molar-refractivity contribution < 1.29 is 9.90 Å². The maximum atomic E-state index is 10.9. The molecule has 1 aliphatic rings. The molecule has 0 radical (unpaired) electrons. The molecule has 1 saturated heterocycles. The Morgan fingerprint density at radius 1 is 1.53 bits per heavy atom. The van der Waals surface area contributed by atoms with E-state index in [1.807, 2.05) is 11.6 Å². The second-order valence-electron chi connectivity index (χ2n) is 4.31. The lowest BCUT2D eigenvalue weighted by molar-refractivity contribution is -0.141. The minimum atomic E-state index is -0.713. The molecule has 2 heterocycles. The summed E-state index contributed by atoms with van der Waals surface area (Å²) < 4.78 is 1.17. The number of thiazole rings is 1. The number of hydrogen-bond acceptors (Lipinski definition) is 4. The van der Waals surface area contributed by atoms with Crippen LogP contribution in [0.15, 0.2) is 23.7 Å². The summed E-state index contributed by atoms with van der Waals surface area (Å²) in [5.74, 6) is -0.985. The summed E-state index contributed by atoms with van der Waals surface area (Å²) >= 11 is 1.62.